The number of anilines is 3. The van der Waals surface area contributed by atoms with E-state index in [1.165, 1.54) is 0 Å². The molecular formula is C16H18ClN5O. The van der Waals surface area contributed by atoms with Crippen molar-refractivity contribution in [1.82, 2.24) is 14.9 Å². The molecule has 0 spiro atoms. The minimum atomic E-state index is 0.712. The van der Waals surface area contributed by atoms with E-state index in [2.05, 4.69) is 20.2 Å². The van der Waals surface area contributed by atoms with E-state index >= 15 is 0 Å². The molecule has 0 saturated carbocycles. The number of carbonyl (C=O) groups is 1. The first-order chi connectivity index (χ1) is 11.2. The van der Waals surface area contributed by atoms with Crippen molar-refractivity contribution in [2.45, 2.75) is 6.92 Å². The number of halogens is 1. The molecule has 3 rings (SSSR count). The second kappa shape index (κ2) is 6.83. The number of benzene rings is 1. The Kier molecular flexibility index (Phi) is 4.62. The van der Waals surface area contributed by atoms with E-state index in [1.54, 1.807) is 11.2 Å². The highest BCUT2D eigenvalue weighted by Gasteiger charge is 2.17. The molecule has 2 aromatic rings. The maximum atomic E-state index is 10.8. The zero-order valence-electron chi connectivity index (χ0n) is 12.9. The van der Waals surface area contributed by atoms with E-state index in [-0.39, 0.29) is 0 Å². The fourth-order valence-electron chi connectivity index (χ4n) is 2.53. The Balaban J connectivity index is 1.75. The van der Waals surface area contributed by atoms with Crippen molar-refractivity contribution in [2.75, 3.05) is 36.4 Å². The largest absolute Gasteiger partial charge is 0.353 e. The zero-order valence-corrected chi connectivity index (χ0v) is 13.6. The van der Waals surface area contributed by atoms with Gasteiger partial charge in [-0.1, -0.05) is 17.7 Å². The van der Waals surface area contributed by atoms with E-state index in [9.17, 15) is 4.79 Å². The van der Waals surface area contributed by atoms with Gasteiger partial charge in [0.25, 0.3) is 0 Å². The Morgan fingerprint density at radius 1 is 1.22 bits per heavy atom. The number of rotatable bonds is 4. The van der Waals surface area contributed by atoms with Crippen LogP contribution in [-0.2, 0) is 4.79 Å². The lowest BCUT2D eigenvalue weighted by Crippen LogP contribution is -2.46. The lowest BCUT2D eigenvalue weighted by molar-refractivity contribution is -0.118. The van der Waals surface area contributed by atoms with Gasteiger partial charge in [-0.05, 0) is 24.6 Å². The highest BCUT2D eigenvalue weighted by Crippen LogP contribution is 2.26. The summed E-state index contributed by atoms with van der Waals surface area (Å²) >= 11 is 6.15. The minimum absolute atomic E-state index is 0.712. The Labute approximate surface area is 140 Å². The number of nitrogens with one attached hydrogen (secondary N) is 1. The number of piperazine rings is 1. The van der Waals surface area contributed by atoms with Crippen LogP contribution in [-0.4, -0.2) is 47.5 Å². The molecule has 2 heterocycles. The molecule has 1 aliphatic rings. The van der Waals surface area contributed by atoms with Gasteiger partial charge in [0.1, 0.15) is 18.0 Å². The minimum Gasteiger partial charge on any atom is -0.353 e. The van der Waals surface area contributed by atoms with Crippen LogP contribution in [0.5, 0.6) is 0 Å². The average Bonchev–Trinajstić information content (AvgIpc) is 2.59. The van der Waals surface area contributed by atoms with Gasteiger partial charge in [-0.3, -0.25) is 4.79 Å². The van der Waals surface area contributed by atoms with Crippen molar-refractivity contribution >= 4 is 35.3 Å². The SMILES string of the molecule is Cc1c(Cl)cccc1Nc1cc(N2CCN(C=O)CC2)ncn1. The predicted molar refractivity (Wildman–Crippen MR) is 91.4 cm³/mol. The van der Waals surface area contributed by atoms with Crippen LogP contribution in [0.2, 0.25) is 5.02 Å². The summed E-state index contributed by atoms with van der Waals surface area (Å²) in [7, 11) is 0. The number of hydrogen-bond donors (Lipinski definition) is 1. The lowest BCUT2D eigenvalue weighted by Gasteiger charge is -2.33. The van der Waals surface area contributed by atoms with Gasteiger partial charge in [0, 0.05) is 43.0 Å². The zero-order chi connectivity index (χ0) is 16.2. The summed E-state index contributed by atoms with van der Waals surface area (Å²) < 4.78 is 0. The average molecular weight is 332 g/mol. The molecule has 0 bridgehead atoms. The number of carbonyl (C=O) groups excluding carboxylic acids is 1. The third-order valence-electron chi connectivity index (χ3n) is 3.97. The molecule has 0 unspecified atom stereocenters. The predicted octanol–water partition coefficient (Wildman–Crippen LogP) is 2.46. The third kappa shape index (κ3) is 3.53. The standard InChI is InChI=1S/C16H18ClN5O/c1-12-13(17)3-2-4-14(12)20-15-9-16(19-10-18-15)22-7-5-21(11-23)6-8-22/h2-4,9-11H,5-8H2,1H3,(H,18,19,20). The van der Waals surface area contributed by atoms with Crippen LogP contribution in [0.1, 0.15) is 5.56 Å². The van der Waals surface area contributed by atoms with E-state index in [0.717, 1.165) is 42.4 Å². The van der Waals surface area contributed by atoms with Crippen molar-refractivity contribution in [3.63, 3.8) is 0 Å². The van der Waals surface area contributed by atoms with Gasteiger partial charge in [-0.2, -0.15) is 0 Å². The molecule has 6 nitrogen and oxygen atoms in total. The fraction of sp³-hybridized carbons (Fsp3) is 0.312. The highest BCUT2D eigenvalue weighted by atomic mass is 35.5. The Morgan fingerprint density at radius 3 is 2.74 bits per heavy atom. The highest BCUT2D eigenvalue weighted by molar-refractivity contribution is 6.31. The van der Waals surface area contributed by atoms with Crippen LogP contribution in [0, 0.1) is 6.92 Å². The quantitative estimate of drug-likeness (QED) is 0.872. The molecule has 1 aromatic heterocycles. The normalized spacial score (nSPS) is 14.7. The second-order valence-corrected chi connectivity index (χ2v) is 5.83. The van der Waals surface area contributed by atoms with Crippen LogP contribution in [0.4, 0.5) is 17.3 Å². The van der Waals surface area contributed by atoms with Crippen molar-refractivity contribution in [2.24, 2.45) is 0 Å². The molecule has 120 valence electrons. The molecule has 1 aromatic carbocycles. The van der Waals surface area contributed by atoms with Crippen molar-refractivity contribution < 1.29 is 4.79 Å². The van der Waals surface area contributed by atoms with Gasteiger partial charge in [-0.15, -0.1) is 0 Å². The fourth-order valence-corrected chi connectivity index (χ4v) is 2.70. The first kappa shape index (κ1) is 15.6. The number of aromatic nitrogens is 2. The molecule has 23 heavy (non-hydrogen) atoms. The molecule has 1 amide bonds. The van der Waals surface area contributed by atoms with E-state index in [1.807, 2.05) is 31.2 Å². The van der Waals surface area contributed by atoms with Crippen molar-refractivity contribution in [3.8, 4) is 0 Å². The summed E-state index contributed by atoms with van der Waals surface area (Å²) in [6, 6.07) is 7.64. The molecule has 1 fully saturated rings. The van der Waals surface area contributed by atoms with Gasteiger partial charge in [0.2, 0.25) is 6.41 Å². The van der Waals surface area contributed by atoms with Crippen LogP contribution in [0.15, 0.2) is 30.6 Å². The van der Waals surface area contributed by atoms with Gasteiger partial charge in [-0.25, -0.2) is 9.97 Å². The molecule has 7 heteroatoms. The summed E-state index contributed by atoms with van der Waals surface area (Å²) in [5.74, 6) is 1.57. The molecule has 0 radical (unpaired) electrons. The molecule has 1 N–H and O–H groups in total. The van der Waals surface area contributed by atoms with Crippen LogP contribution in [0.25, 0.3) is 0 Å². The summed E-state index contributed by atoms with van der Waals surface area (Å²) in [4.78, 5) is 23.3. The van der Waals surface area contributed by atoms with Gasteiger partial charge >= 0.3 is 0 Å². The molecule has 1 aliphatic heterocycles. The lowest BCUT2D eigenvalue weighted by atomic mass is 10.2. The number of amides is 1. The Hall–Kier alpha value is -2.34. The van der Waals surface area contributed by atoms with Gasteiger partial charge in [0.15, 0.2) is 0 Å². The third-order valence-corrected chi connectivity index (χ3v) is 4.38. The van der Waals surface area contributed by atoms with Crippen molar-refractivity contribution in [1.29, 1.82) is 0 Å². The first-order valence-corrected chi connectivity index (χ1v) is 7.83. The van der Waals surface area contributed by atoms with Crippen LogP contribution < -0.4 is 10.2 Å². The maximum Gasteiger partial charge on any atom is 0.209 e. The van der Waals surface area contributed by atoms with E-state index in [0.29, 0.717) is 18.1 Å². The summed E-state index contributed by atoms with van der Waals surface area (Å²) in [5.41, 5.74) is 1.90. The Bertz CT molecular complexity index is 701. The first-order valence-electron chi connectivity index (χ1n) is 7.46. The molecule has 0 aliphatic carbocycles. The second-order valence-electron chi connectivity index (χ2n) is 5.43. The Morgan fingerprint density at radius 2 is 2.00 bits per heavy atom. The maximum absolute atomic E-state index is 10.8. The van der Waals surface area contributed by atoms with Gasteiger partial charge < -0.3 is 15.1 Å². The number of nitrogens with zero attached hydrogens (tertiary/aromatic N) is 4. The topological polar surface area (TPSA) is 61.4 Å². The molecule has 0 atom stereocenters. The van der Waals surface area contributed by atoms with E-state index < -0.39 is 0 Å². The molecule has 1 saturated heterocycles. The van der Waals surface area contributed by atoms with E-state index in [4.69, 9.17) is 11.6 Å². The van der Waals surface area contributed by atoms with Crippen LogP contribution >= 0.6 is 11.6 Å². The summed E-state index contributed by atoms with van der Waals surface area (Å²) in [6.07, 6.45) is 2.44. The van der Waals surface area contributed by atoms with Crippen LogP contribution in [0.3, 0.4) is 0 Å². The summed E-state index contributed by atoms with van der Waals surface area (Å²) in [6.45, 7) is 4.93. The van der Waals surface area contributed by atoms with Crippen molar-refractivity contribution in [3.05, 3.63) is 41.2 Å². The summed E-state index contributed by atoms with van der Waals surface area (Å²) in [5, 5.41) is 4.00. The number of hydrogen-bond acceptors (Lipinski definition) is 5. The van der Waals surface area contributed by atoms with Gasteiger partial charge in [0.05, 0.1) is 0 Å². The molecular weight excluding hydrogens is 314 g/mol. The monoisotopic (exact) mass is 331 g/mol. The smallest absolute Gasteiger partial charge is 0.209 e.